The molecule has 10 heavy (non-hydrogen) atoms. The fourth-order valence-corrected chi connectivity index (χ4v) is 0.623. The van der Waals surface area contributed by atoms with Crippen LogP contribution in [0.5, 0.6) is 0 Å². The number of hydrogen-bond acceptors (Lipinski definition) is 3. The second kappa shape index (κ2) is 3.68. The quantitative estimate of drug-likeness (QED) is 0.373. The molecule has 0 spiro atoms. The van der Waals surface area contributed by atoms with Crippen LogP contribution in [0.1, 0.15) is 27.2 Å². The van der Waals surface area contributed by atoms with Gasteiger partial charge in [0.05, 0.1) is 0 Å². The van der Waals surface area contributed by atoms with Gasteiger partial charge in [-0.3, -0.25) is 10.2 Å². The molecule has 0 saturated heterocycles. The van der Waals surface area contributed by atoms with E-state index < -0.39 is 5.60 Å². The Labute approximate surface area is 61.7 Å². The molecule has 0 aromatic heterocycles. The minimum atomic E-state index is -0.602. The summed E-state index contributed by atoms with van der Waals surface area (Å²) >= 11 is 0. The standard InChI is InChI=1S/C7H15NO2/c1-5-7(3,10-9)6(2)8-4/h9H,5H2,1-4H3. The molecular weight excluding hydrogens is 130 g/mol. The summed E-state index contributed by atoms with van der Waals surface area (Å²) in [7, 11) is 1.68. The summed E-state index contributed by atoms with van der Waals surface area (Å²) in [6.07, 6.45) is 0.715. The fraction of sp³-hybridized carbons (Fsp3) is 0.857. The van der Waals surface area contributed by atoms with Gasteiger partial charge < -0.3 is 0 Å². The number of nitrogens with zero attached hydrogens (tertiary/aromatic N) is 1. The van der Waals surface area contributed by atoms with E-state index in [1.54, 1.807) is 14.0 Å². The Morgan fingerprint density at radius 2 is 2.20 bits per heavy atom. The predicted octanol–water partition coefficient (Wildman–Crippen LogP) is 1.74. The van der Waals surface area contributed by atoms with Crippen LogP contribution in [0.2, 0.25) is 0 Å². The first kappa shape index (κ1) is 9.59. The molecule has 0 rings (SSSR count). The topological polar surface area (TPSA) is 41.8 Å². The molecule has 3 nitrogen and oxygen atoms in total. The van der Waals surface area contributed by atoms with Crippen molar-refractivity contribution in [3.8, 4) is 0 Å². The van der Waals surface area contributed by atoms with Crippen LogP contribution >= 0.6 is 0 Å². The maximum atomic E-state index is 8.51. The third-order valence-electron chi connectivity index (χ3n) is 1.98. The first-order valence-corrected chi connectivity index (χ1v) is 3.37. The van der Waals surface area contributed by atoms with Crippen LogP contribution < -0.4 is 0 Å². The molecule has 0 bridgehead atoms. The minimum Gasteiger partial charge on any atom is -0.295 e. The van der Waals surface area contributed by atoms with Gasteiger partial charge in [-0.1, -0.05) is 6.92 Å². The first-order valence-electron chi connectivity index (χ1n) is 3.37. The van der Waals surface area contributed by atoms with Gasteiger partial charge in [-0.05, 0) is 20.3 Å². The molecule has 1 atom stereocenters. The smallest absolute Gasteiger partial charge is 0.137 e. The monoisotopic (exact) mass is 145 g/mol. The van der Waals surface area contributed by atoms with Gasteiger partial charge in [-0.15, -0.1) is 0 Å². The number of aliphatic imine (C=N–C) groups is 1. The van der Waals surface area contributed by atoms with E-state index >= 15 is 0 Å². The first-order chi connectivity index (χ1) is 4.60. The molecule has 60 valence electrons. The van der Waals surface area contributed by atoms with Crippen LogP contribution in [-0.2, 0) is 4.89 Å². The molecule has 0 aliphatic rings. The fourth-order valence-electron chi connectivity index (χ4n) is 0.623. The van der Waals surface area contributed by atoms with Crippen LogP contribution in [-0.4, -0.2) is 23.6 Å². The van der Waals surface area contributed by atoms with E-state index in [1.807, 2.05) is 13.8 Å². The van der Waals surface area contributed by atoms with Crippen molar-refractivity contribution in [3.05, 3.63) is 0 Å². The van der Waals surface area contributed by atoms with Gasteiger partial charge in [0.15, 0.2) is 0 Å². The van der Waals surface area contributed by atoms with Crippen LogP contribution in [0, 0.1) is 0 Å². The molecule has 0 fully saturated rings. The van der Waals surface area contributed by atoms with E-state index in [1.165, 1.54) is 0 Å². The highest BCUT2D eigenvalue weighted by Crippen LogP contribution is 2.15. The van der Waals surface area contributed by atoms with E-state index in [4.69, 9.17) is 5.26 Å². The van der Waals surface area contributed by atoms with E-state index in [0.29, 0.717) is 6.42 Å². The van der Waals surface area contributed by atoms with Crippen LogP contribution in [0.3, 0.4) is 0 Å². The lowest BCUT2D eigenvalue weighted by atomic mass is 9.98. The van der Waals surface area contributed by atoms with Crippen molar-refractivity contribution in [2.24, 2.45) is 4.99 Å². The van der Waals surface area contributed by atoms with Crippen molar-refractivity contribution < 1.29 is 10.1 Å². The summed E-state index contributed by atoms with van der Waals surface area (Å²) in [5, 5.41) is 8.51. The number of rotatable bonds is 3. The Kier molecular flexibility index (Phi) is 3.53. The van der Waals surface area contributed by atoms with E-state index in [2.05, 4.69) is 9.88 Å². The van der Waals surface area contributed by atoms with Crippen LogP contribution in [0.15, 0.2) is 4.99 Å². The highest BCUT2D eigenvalue weighted by Gasteiger charge is 2.26. The lowest BCUT2D eigenvalue weighted by Gasteiger charge is -2.23. The van der Waals surface area contributed by atoms with E-state index in [9.17, 15) is 0 Å². The molecule has 0 aromatic carbocycles. The molecule has 1 N–H and O–H groups in total. The van der Waals surface area contributed by atoms with Gasteiger partial charge in [0.1, 0.15) is 5.60 Å². The second-order valence-corrected chi connectivity index (χ2v) is 2.48. The van der Waals surface area contributed by atoms with Gasteiger partial charge in [-0.25, -0.2) is 4.89 Å². The normalized spacial score (nSPS) is 18.7. The molecular formula is C7H15NO2. The largest absolute Gasteiger partial charge is 0.295 e. The Bertz CT molecular complexity index is 128. The summed E-state index contributed by atoms with van der Waals surface area (Å²) in [4.78, 5) is 8.24. The number of hydrogen-bond donors (Lipinski definition) is 1. The van der Waals surface area contributed by atoms with Gasteiger partial charge in [0.2, 0.25) is 0 Å². The molecule has 0 aliphatic heterocycles. The predicted molar refractivity (Wildman–Crippen MR) is 41.4 cm³/mol. The third kappa shape index (κ3) is 1.78. The zero-order chi connectivity index (χ0) is 8.20. The summed E-state index contributed by atoms with van der Waals surface area (Å²) in [5.74, 6) is 0. The lowest BCUT2D eigenvalue weighted by molar-refractivity contribution is -0.295. The SMILES string of the molecule is CCC(C)(OO)C(C)=NC. The summed E-state index contributed by atoms with van der Waals surface area (Å²) in [5.41, 5.74) is 0.201. The Balaban J connectivity index is 4.32. The average molecular weight is 145 g/mol. The molecule has 0 aliphatic carbocycles. The molecule has 0 heterocycles. The van der Waals surface area contributed by atoms with E-state index in [0.717, 1.165) is 5.71 Å². The molecule has 0 amide bonds. The van der Waals surface area contributed by atoms with Crippen molar-refractivity contribution in [2.75, 3.05) is 7.05 Å². The van der Waals surface area contributed by atoms with Crippen LogP contribution in [0.25, 0.3) is 0 Å². The highest BCUT2D eigenvalue weighted by atomic mass is 17.1. The van der Waals surface area contributed by atoms with Gasteiger partial charge in [0, 0.05) is 12.8 Å². The maximum absolute atomic E-state index is 8.51. The van der Waals surface area contributed by atoms with Gasteiger partial charge in [0.25, 0.3) is 0 Å². The molecule has 0 radical (unpaired) electrons. The Morgan fingerprint density at radius 1 is 1.70 bits per heavy atom. The molecule has 1 unspecified atom stereocenters. The lowest BCUT2D eigenvalue weighted by Crippen LogP contribution is -2.34. The van der Waals surface area contributed by atoms with Crippen molar-refractivity contribution in [1.82, 2.24) is 0 Å². The summed E-state index contributed by atoms with van der Waals surface area (Å²) < 4.78 is 0. The Morgan fingerprint density at radius 3 is 2.30 bits per heavy atom. The Hall–Kier alpha value is -0.410. The highest BCUT2D eigenvalue weighted by molar-refractivity contribution is 5.89. The zero-order valence-corrected chi connectivity index (χ0v) is 7.01. The van der Waals surface area contributed by atoms with Crippen molar-refractivity contribution in [3.63, 3.8) is 0 Å². The maximum Gasteiger partial charge on any atom is 0.137 e. The van der Waals surface area contributed by atoms with Gasteiger partial charge >= 0.3 is 0 Å². The molecule has 0 aromatic rings. The summed E-state index contributed by atoms with van der Waals surface area (Å²) in [6, 6.07) is 0. The van der Waals surface area contributed by atoms with Crippen LogP contribution in [0.4, 0.5) is 0 Å². The minimum absolute atomic E-state index is 0.602. The third-order valence-corrected chi connectivity index (χ3v) is 1.98. The van der Waals surface area contributed by atoms with Crippen molar-refractivity contribution >= 4 is 5.71 Å². The molecule has 3 heteroatoms. The molecule has 0 saturated carbocycles. The van der Waals surface area contributed by atoms with E-state index in [-0.39, 0.29) is 0 Å². The average Bonchev–Trinajstić information content (AvgIpc) is 2.01. The second-order valence-electron chi connectivity index (χ2n) is 2.48. The van der Waals surface area contributed by atoms with Gasteiger partial charge in [-0.2, -0.15) is 0 Å². The summed E-state index contributed by atoms with van der Waals surface area (Å²) in [6.45, 7) is 5.57. The van der Waals surface area contributed by atoms with Crippen molar-refractivity contribution in [1.29, 1.82) is 0 Å². The van der Waals surface area contributed by atoms with Crippen molar-refractivity contribution in [2.45, 2.75) is 32.8 Å². The zero-order valence-electron chi connectivity index (χ0n) is 7.01.